The first-order chi connectivity index (χ1) is 7.09. The number of aryl methyl sites for hydroxylation is 1. The van der Waals surface area contributed by atoms with E-state index in [4.69, 9.17) is 5.11 Å². The third-order valence-corrected chi connectivity index (χ3v) is 2.26. The quantitative estimate of drug-likeness (QED) is 0.730. The van der Waals surface area contributed by atoms with Gasteiger partial charge in [0.25, 0.3) is 0 Å². The summed E-state index contributed by atoms with van der Waals surface area (Å²) in [5.74, 6) is -0.176. The molecule has 0 aromatic heterocycles. The monoisotopic (exact) mass is 211 g/mol. The number of hydrogen-bond acceptors (Lipinski definition) is 2. The van der Waals surface area contributed by atoms with E-state index in [1.165, 1.54) is 6.07 Å². The van der Waals surface area contributed by atoms with Gasteiger partial charge in [-0.3, -0.25) is 0 Å². The lowest BCUT2D eigenvalue weighted by atomic mass is 10.1. The Bertz CT molecular complexity index is 312. The molecule has 0 aliphatic heterocycles. The molecular weight excluding hydrogens is 193 g/mol. The van der Waals surface area contributed by atoms with Gasteiger partial charge in [0, 0.05) is 12.1 Å². The Balaban J connectivity index is 2.40. The van der Waals surface area contributed by atoms with Crippen LogP contribution in [0.15, 0.2) is 18.2 Å². The molecule has 3 heteroatoms. The van der Waals surface area contributed by atoms with Gasteiger partial charge in [0.2, 0.25) is 0 Å². The minimum Gasteiger partial charge on any atom is -0.393 e. The van der Waals surface area contributed by atoms with Crippen LogP contribution >= 0.6 is 0 Å². The second kappa shape index (κ2) is 5.83. The van der Waals surface area contributed by atoms with Crippen molar-refractivity contribution in [2.24, 2.45) is 0 Å². The lowest BCUT2D eigenvalue weighted by molar-refractivity contribution is 0.183. The van der Waals surface area contributed by atoms with Crippen LogP contribution in [0.1, 0.15) is 24.5 Å². The van der Waals surface area contributed by atoms with Crippen LogP contribution in [0, 0.1) is 12.7 Å². The number of aliphatic hydroxyl groups excluding tert-OH is 1. The van der Waals surface area contributed by atoms with Gasteiger partial charge < -0.3 is 10.4 Å². The van der Waals surface area contributed by atoms with E-state index >= 15 is 0 Å². The lowest BCUT2D eigenvalue weighted by Crippen LogP contribution is -2.19. The van der Waals surface area contributed by atoms with Crippen LogP contribution in [0.4, 0.5) is 4.39 Å². The summed E-state index contributed by atoms with van der Waals surface area (Å²) in [4.78, 5) is 0. The first-order valence-electron chi connectivity index (χ1n) is 5.23. The summed E-state index contributed by atoms with van der Waals surface area (Å²) in [5, 5.41) is 12.1. The Labute approximate surface area is 90.1 Å². The Morgan fingerprint density at radius 3 is 2.87 bits per heavy atom. The minimum absolute atomic E-state index is 0.176. The highest BCUT2D eigenvalue weighted by atomic mass is 19.1. The van der Waals surface area contributed by atoms with Crippen LogP contribution in [0.25, 0.3) is 0 Å². The molecule has 2 nitrogen and oxygen atoms in total. The van der Waals surface area contributed by atoms with E-state index in [-0.39, 0.29) is 11.9 Å². The van der Waals surface area contributed by atoms with Crippen molar-refractivity contribution in [3.8, 4) is 0 Å². The van der Waals surface area contributed by atoms with Gasteiger partial charge in [0.15, 0.2) is 0 Å². The molecule has 15 heavy (non-hydrogen) atoms. The molecule has 0 aliphatic rings. The summed E-state index contributed by atoms with van der Waals surface area (Å²) in [6, 6.07) is 5.08. The van der Waals surface area contributed by atoms with Crippen LogP contribution < -0.4 is 5.32 Å². The first-order valence-corrected chi connectivity index (χ1v) is 5.23. The van der Waals surface area contributed by atoms with E-state index in [9.17, 15) is 4.39 Å². The van der Waals surface area contributed by atoms with Crippen molar-refractivity contribution in [2.75, 3.05) is 6.54 Å². The molecule has 0 bridgehead atoms. The Kier molecular flexibility index (Phi) is 4.72. The van der Waals surface area contributed by atoms with E-state index in [0.717, 1.165) is 5.56 Å². The summed E-state index contributed by atoms with van der Waals surface area (Å²) in [7, 11) is 0. The molecule has 1 aromatic carbocycles. The maximum Gasteiger partial charge on any atom is 0.127 e. The third kappa shape index (κ3) is 4.40. The Morgan fingerprint density at radius 1 is 1.47 bits per heavy atom. The van der Waals surface area contributed by atoms with Crippen LogP contribution in [0.3, 0.4) is 0 Å². The molecule has 1 aromatic rings. The maximum absolute atomic E-state index is 13.3. The molecule has 0 heterocycles. The Hall–Kier alpha value is -0.930. The van der Waals surface area contributed by atoms with Gasteiger partial charge in [-0.25, -0.2) is 4.39 Å². The molecule has 0 aliphatic carbocycles. The van der Waals surface area contributed by atoms with Crippen LogP contribution in [0.2, 0.25) is 0 Å². The van der Waals surface area contributed by atoms with Crippen molar-refractivity contribution >= 4 is 0 Å². The van der Waals surface area contributed by atoms with Gasteiger partial charge in [-0.15, -0.1) is 0 Å². The molecule has 0 amide bonds. The number of aliphatic hydroxyl groups is 1. The zero-order valence-electron chi connectivity index (χ0n) is 9.26. The van der Waals surface area contributed by atoms with Gasteiger partial charge >= 0.3 is 0 Å². The van der Waals surface area contributed by atoms with Gasteiger partial charge in [-0.05, 0) is 32.9 Å². The smallest absolute Gasteiger partial charge is 0.127 e. The molecule has 0 spiro atoms. The molecule has 0 saturated carbocycles. The highest BCUT2D eigenvalue weighted by molar-refractivity contribution is 5.23. The normalized spacial score (nSPS) is 12.8. The fraction of sp³-hybridized carbons (Fsp3) is 0.500. The molecule has 1 unspecified atom stereocenters. The largest absolute Gasteiger partial charge is 0.393 e. The fourth-order valence-electron chi connectivity index (χ4n) is 1.37. The molecule has 0 saturated heterocycles. The van der Waals surface area contributed by atoms with Gasteiger partial charge in [-0.1, -0.05) is 17.7 Å². The molecule has 1 atom stereocenters. The van der Waals surface area contributed by atoms with Crippen molar-refractivity contribution < 1.29 is 9.50 Å². The fourth-order valence-corrected chi connectivity index (χ4v) is 1.37. The van der Waals surface area contributed by atoms with Crippen LogP contribution in [0.5, 0.6) is 0 Å². The standard InChI is InChI=1S/C12H18FNO/c1-9-3-4-12(13)11(7-9)8-14-6-5-10(2)15/h3-4,7,10,14-15H,5-6,8H2,1-2H3. The van der Waals surface area contributed by atoms with Crippen LogP contribution in [-0.2, 0) is 6.54 Å². The second-order valence-corrected chi connectivity index (χ2v) is 3.91. The first kappa shape index (κ1) is 12.1. The molecule has 1 rings (SSSR count). The maximum atomic E-state index is 13.3. The van der Waals surface area contributed by atoms with E-state index in [1.54, 1.807) is 13.0 Å². The molecule has 84 valence electrons. The molecule has 0 fully saturated rings. The van der Waals surface area contributed by atoms with E-state index in [1.807, 2.05) is 13.0 Å². The molecular formula is C12H18FNO. The van der Waals surface area contributed by atoms with E-state index < -0.39 is 0 Å². The SMILES string of the molecule is Cc1ccc(F)c(CNCCC(C)O)c1. The third-order valence-electron chi connectivity index (χ3n) is 2.26. The predicted octanol–water partition coefficient (Wildman–Crippen LogP) is 1.99. The minimum atomic E-state index is -0.306. The Morgan fingerprint density at radius 2 is 2.20 bits per heavy atom. The van der Waals surface area contributed by atoms with Crippen molar-refractivity contribution in [1.29, 1.82) is 0 Å². The van der Waals surface area contributed by atoms with Crippen LogP contribution in [-0.4, -0.2) is 17.8 Å². The summed E-state index contributed by atoms with van der Waals surface area (Å²) in [6.07, 6.45) is 0.382. The molecule has 0 radical (unpaired) electrons. The number of benzene rings is 1. The summed E-state index contributed by atoms with van der Waals surface area (Å²) in [5.41, 5.74) is 1.74. The van der Waals surface area contributed by atoms with Gasteiger partial charge in [0.1, 0.15) is 5.82 Å². The second-order valence-electron chi connectivity index (χ2n) is 3.91. The number of halogens is 1. The van der Waals surface area contributed by atoms with Crippen molar-refractivity contribution in [1.82, 2.24) is 5.32 Å². The highest BCUT2D eigenvalue weighted by Crippen LogP contribution is 2.09. The highest BCUT2D eigenvalue weighted by Gasteiger charge is 2.01. The van der Waals surface area contributed by atoms with E-state index in [0.29, 0.717) is 25.1 Å². The molecule has 2 N–H and O–H groups in total. The van der Waals surface area contributed by atoms with Crippen molar-refractivity contribution in [2.45, 2.75) is 32.9 Å². The topological polar surface area (TPSA) is 32.3 Å². The zero-order chi connectivity index (χ0) is 11.3. The lowest BCUT2D eigenvalue weighted by Gasteiger charge is -2.08. The average Bonchev–Trinajstić information content (AvgIpc) is 2.17. The summed E-state index contributed by atoms with van der Waals surface area (Å²) >= 11 is 0. The van der Waals surface area contributed by atoms with Gasteiger partial charge in [-0.2, -0.15) is 0 Å². The number of hydrogen-bond donors (Lipinski definition) is 2. The summed E-state index contributed by atoms with van der Waals surface area (Å²) in [6.45, 7) is 4.90. The van der Waals surface area contributed by atoms with Crippen molar-refractivity contribution in [3.63, 3.8) is 0 Å². The van der Waals surface area contributed by atoms with Crippen molar-refractivity contribution in [3.05, 3.63) is 35.1 Å². The van der Waals surface area contributed by atoms with Gasteiger partial charge in [0.05, 0.1) is 6.10 Å². The average molecular weight is 211 g/mol. The number of nitrogens with one attached hydrogen (secondary N) is 1. The zero-order valence-corrected chi connectivity index (χ0v) is 9.26. The number of rotatable bonds is 5. The van der Waals surface area contributed by atoms with E-state index in [2.05, 4.69) is 5.32 Å². The summed E-state index contributed by atoms with van der Waals surface area (Å²) < 4.78 is 13.3. The predicted molar refractivity (Wildman–Crippen MR) is 59.1 cm³/mol.